The van der Waals surface area contributed by atoms with Crippen LogP contribution in [-0.2, 0) is 4.74 Å². The number of aryl methyl sites for hydroxylation is 1. The van der Waals surface area contributed by atoms with Gasteiger partial charge in [0.1, 0.15) is 10.8 Å². The molecule has 0 atom stereocenters. The second kappa shape index (κ2) is 10.1. The van der Waals surface area contributed by atoms with Crippen LogP contribution in [0, 0.1) is 13.8 Å². The van der Waals surface area contributed by atoms with Crippen molar-refractivity contribution < 1.29 is 23.9 Å². The van der Waals surface area contributed by atoms with E-state index in [1.807, 2.05) is 19.1 Å². The Hall–Kier alpha value is -3.65. The lowest BCUT2D eigenvalue weighted by molar-refractivity contribution is 0.0527. The Kier molecular flexibility index (Phi) is 7.27. The van der Waals surface area contributed by atoms with Gasteiger partial charge in [0.2, 0.25) is 0 Å². The van der Waals surface area contributed by atoms with Crippen LogP contribution >= 0.6 is 11.3 Å². The third-order valence-electron chi connectivity index (χ3n) is 4.80. The van der Waals surface area contributed by atoms with E-state index in [0.717, 1.165) is 16.9 Å². The van der Waals surface area contributed by atoms with Gasteiger partial charge in [-0.3, -0.25) is 9.59 Å². The van der Waals surface area contributed by atoms with Crippen LogP contribution in [0.4, 0.5) is 10.7 Å². The van der Waals surface area contributed by atoms with Crippen LogP contribution in [0.3, 0.4) is 0 Å². The molecule has 3 aromatic rings. The molecular formula is C24H24N2O5S. The van der Waals surface area contributed by atoms with Crippen LogP contribution in [0.1, 0.15) is 48.4 Å². The van der Waals surface area contributed by atoms with E-state index in [-0.39, 0.29) is 23.1 Å². The number of benzene rings is 2. The predicted molar refractivity (Wildman–Crippen MR) is 125 cm³/mol. The molecule has 1 heterocycles. The van der Waals surface area contributed by atoms with Crippen LogP contribution in [0.25, 0.3) is 0 Å². The van der Waals surface area contributed by atoms with Crippen molar-refractivity contribution >= 4 is 39.8 Å². The highest BCUT2D eigenvalue weighted by Gasteiger charge is 2.27. The largest absolute Gasteiger partial charge is 0.495 e. The van der Waals surface area contributed by atoms with Crippen LogP contribution in [0.5, 0.6) is 5.75 Å². The molecule has 0 saturated carbocycles. The fourth-order valence-corrected chi connectivity index (χ4v) is 4.28. The van der Waals surface area contributed by atoms with E-state index in [1.54, 1.807) is 50.2 Å². The van der Waals surface area contributed by atoms with Crippen molar-refractivity contribution in [1.82, 2.24) is 0 Å². The lowest BCUT2D eigenvalue weighted by Crippen LogP contribution is -2.16. The van der Waals surface area contributed by atoms with Gasteiger partial charge >= 0.3 is 5.97 Å². The van der Waals surface area contributed by atoms with Crippen LogP contribution in [0.15, 0.2) is 48.5 Å². The average Bonchev–Trinajstić information content (AvgIpc) is 3.10. The smallest absolute Gasteiger partial charge is 0.341 e. The first-order valence-corrected chi connectivity index (χ1v) is 10.8. The Balaban J connectivity index is 1.97. The molecule has 8 heteroatoms. The average molecular weight is 453 g/mol. The number of hydrogen-bond acceptors (Lipinski definition) is 6. The third kappa shape index (κ3) is 4.81. The van der Waals surface area contributed by atoms with Gasteiger partial charge in [0.15, 0.2) is 0 Å². The molecule has 0 spiro atoms. The third-order valence-corrected chi connectivity index (χ3v) is 6.01. The molecule has 0 unspecified atom stereocenters. The first kappa shape index (κ1) is 23.0. The van der Waals surface area contributed by atoms with E-state index in [4.69, 9.17) is 9.47 Å². The van der Waals surface area contributed by atoms with Crippen molar-refractivity contribution in [3.05, 3.63) is 75.7 Å². The lowest BCUT2D eigenvalue weighted by atomic mass is 10.1. The molecule has 7 nitrogen and oxygen atoms in total. The van der Waals surface area contributed by atoms with Crippen molar-refractivity contribution in [1.29, 1.82) is 0 Å². The second-order valence-electron chi connectivity index (χ2n) is 6.90. The van der Waals surface area contributed by atoms with E-state index < -0.39 is 11.9 Å². The SMILES string of the molecule is CCOC(=O)c1c(NC(=O)c2ccccc2C)sc(C(=O)Nc2ccccc2OC)c1C. The molecule has 0 fully saturated rings. The summed E-state index contributed by atoms with van der Waals surface area (Å²) in [6.45, 7) is 5.35. The maximum absolute atomic E-state index is 13.0. The molecule has 1 aromatic heterocycles. The highest BCUT2D eigenvalue weighted by molar-refractivity contribution is 7.19. The van der Waals surface area contributed by atoms with Crippen molar-refractivity contribution in [3.63, 3.8) is 0 Å². The highest BCUT2D eigenvalue weighted by Crippen LogP contribution is 2.35. The lowest BCUT2D eigenvalue weighted by Gasteiger charge is -2.09. The summed E-state index contributed by atoms with van der Waals surface area (Å²) < 4.78 is 10.5. The summed E-state index contributed by atoms with van der Waals surface area (Å²) >= 11 is 1.02. The van der Waals surface area contributed by atoms with E-state index in [2.05, 4.69) is 10.6 Å². The number of hydrogen-bond donors (Lipinski definition) is 2. The zero-order valence-electron chi connectivity index (χ0n) is 18.3. The minimum atomic E-state index is -0.599. The van der Waals surface area contributed by atoms with Crippen molar-refractivity contribution in [2.75, 3.05) is 24.4 Å². The number of anilines is 2. The van der Waals surface area contributed by atoms with Gasteiger partial charge in [0.05, 0.1) is 29.8 Å². The number of carbonyl (C=O) groups is 3. The monoisotopic (exact) mass is 452 g/mol. The molecule has 0 aliphatic carbocycles. The molecule has 166 valence electrons. The summed E-state index contributed by atoms with van der Waals surface area (Å²) in [6, 6.07) is 14.1. The minimum Gasteiger partial charge on any atom is -0.495 e. The number of thiophene rings is 1. The zero-order valence-corrected chi connectivity index (χ0v) is 19.1. The normalized spacial score (nSPS) is 10.4. The number of rotatable bonds is 7. The van der Waals surface area contributed by atoms with Gasteiger partial charge < -0.3 is 20.1 Å². The number of ether oxygens (including phenoxy) is 2. The Morgan fingerprint density at radius 1 is 0.938 bits per heavy atom. The Bertz CT molecular complexity index is 1170. The molecule has 0 radical (unpaired) electrons. The van der Waals surface area contributed by atoms with Gasteiger partial charge in [-0.15, -0.1) is 11.3 Å². The standard InChI is InChI=1S/C24H24N2O5S/c1-5-31-24(29)19-15(3)20(22(28)25-17-12-8-9-13-18(17)30-4)32-23(19)26-21(27)16-11-7-6-10-14(16)2/h6-13H,5H2,1-4H3,(H,25,28)(H,26,27). The van der Waals surface area contributed by atoms with Gasteiger partial charge in [-0.1, -0.05) is 30.3 Å². The second-order valence-corrected chi connectivity index (χ2v) is 7.92. The Morgan fingerprint density at radius 2 is 1.62 bits per heavy atom. The summed E-state index contributed by atoms with van der Waals surface area (Å²) in [5.74, 6) is -0.878. The van der Waals surface area contributed by atoms with Gasteiger partial charge in [-0.25, -0.2) is 4.79 Å². The van der Waals surface area contributed by atoms with Crippen molar-refractivity contribution in [3.8, 4) is 5.75 Å². The van der Waals surface area contributed by atoms with Crippen molar-refractivity contribution in [2.45, 2.75) is 20.8 Å². The first-order valence-electron chi connectivity index (χ1n) is 9.99. The summed E-state index contributed by atoms with van der Waals surface area (Å²) in [5.41, 5.74) is 2.37. The molecule has 0 bridgehead atoms. The summed E-state index contributed by atoms with van der Waals surface area (Å²) in [5, 5.41) is 5.85. The number of para-hydroxylation sites is 2. The summed E-state index contributed by atoms with van der Waals surface area (Å²) in [4.78, 5) is 38.8. The number of nitrogens with one attached hydrogen (secondary N) is 2. The fourth-order valence-electron chi connectivity index (χ4n) is 3.19. The Morgan fingerprint density at radius 3 is 2.31 bits per heavy atom. The van der Waals surface area contributed by atoms with Gasteiger partial charge in [-0.2, -0.15) is 0 Å². The van der Waals surface area contributed by atoms with E-state index in [1.165, 1.54) is 7.11 Å². The summed E-state index contributed by atoms with van der Waals surface area (Å²) in [6.07, 6.45) is 0. The Labute approximate surface area is 190 Å². The molecule has 0 aliphatic heterocycles. The maximum Gasteiger partial charge on any atom is 0.341 e. The maximum atomic E-state index is 13.0. The molecule has 0 saturated heterocycles. The van der Waals surface area contributed by atoms with Crippen molar-refractivity contribution in [2.24, 2.45) is 0 Å². The van der Waals surface area contributed by atoms with E-state index >= 15 is 0 Å². The number of amides is 2. The summed E-state index contributed by atoms with van der Waals surface area (Å²) in [7, 11) is 1.51. The molecular weight excluding hydrogens is 428 g/mol. The molecule has 2 amide bonds. The quantitative estimate of drug-likeness (QED) is 0.489. The molecule has 32 heavy (non-hydrogen) atoms. The van der Waals surface area contributed by atoms with Crippen LogP contribution in [0.2, 0.25) is 0 Å². The fraction of sp³-hybridized carbons (Fsp3) is 0.208. The van der Waals surface area contributed by atoms with Gasteiger partial charge in [0, 0.05) is 5.56 Å². The molecule has 2 N–H and O–H groups in total. The minimum absolute atomic E-state index is 0.169. The number of carbonyl (C=O) groups excluding carboxylic acids is 3. The predicted octanol–water partition coefficient (Wildman–Crippen LogP) is 5.05. The van der Waals surface area contributed by atoms with Crippen LogP contribution in [-0.4, -0.2) is 31.5 Å². The van der Waals surface area contributed by atoms with E-state index in [9.17, 15) is 14.4 Å². The number of methoxy groups -OCH3 is 1. The van der Waals surface area contributed by atoms with Crippen LogP contribution < -0.4 is 15.4 Å². The zero-order chi connectivity index (χ0) is 23.3. The molecule has 3 rings (SSSR count). The number of esters is 1. The van der Waals surface area contributed by atoms with Gasteiger partial charge in [-0.05, 0) is 50.1 Å². The molecule has 2 aromatic carbocycles. The highest BCUT2D eigenvalue weighted by atomic mass is 32.1. The first-order chi connectivity index (χ1) is 15.4. The topological polar surface area (TPSA) is 93.7 Å². The van der Waals surface area contributed by atoms with Gasteiger partial charge in [0.25, 0.3) is 11.8 Å². The molecule has 0 aliphatic rings. The van der Waals surface area contributed by atoms with E-state index in [0.29, 0.717) is 27.4 Å².